The number of esters is 1. The quantitative estimate of drug-likeness (QED) is 0.398. The van der Waals surface area contributed by atoms with E-state index in [-0.39, 0.29) is 6.04 Å². The Hall–Kier alpha value is -2.46. The number of carbonyl (C=O) groups is 2. The van der Waals surface area contributed by atoms with Crippen LogP contribution in [-0.4, -0.2) is 18.8 Å². The number of hydrogen-bond donors (Lipinski definition) is 1. The standard InChI is InChI=1S/C18H17NO3/c20-12-15-17(19-11-10-13-6-2-1-3-7-13)14-8-4-5-9-16(14)22-18(15)21/h1-9,12,15,17,19H,10-11H2. The van der Waals surface area contributed by atoms with Crippen LogP contribution < -0.4 is 10.1 Å². The second-order valence-corrected chi connectivity index (χ2v) is 5.29. The Morgan fingerprint density at radius 2 is 1.77 bits per heavy atom. The van der Waals surface area contributed by atoms with E-state index in [1.807, 2.05) is 36.4 Å². The van der Waals surface area contributed by atoms with Crippen molar-refractivity contribution < 1.29 is 14.3 Å². The van der Waals surface area contributed by atoms with Crippen LogP contribution in [0, 0.1) is 5.92 Å². The molecule has 0 aliphatic carbocycles. The molecule has 0 saturated carbocycles. The first-order chi connectivity index (χ1) is 10.8. The third-order valence-electron chi connectivity index (χ3n) is 3.86. The lowest BCUT2D eigenvalue weighted by molar-refractivity contribution is -0.143. The van der Waals surface area contributed by atoms with Crippen molar-refractivity contribution in [3.05, 3.63) is 65.7 Å². The number of rotatable bonds is 5. The van der Waals surface area contributed by atoms with Gasteiger partial charge in [0.25, 0.3) is 0 Å². The number of ether oxygens (including phenoxy) is 1. The minimum absolute atomic E-state index is 0.335. The van der Waals surface area contributed by atoms with Gasteiger partial charge in [-0.05, 0) is 24.6 Å². The van der Waals surface area contributed by atoms with Crippen molar-refractivity contribution in [2.24, 2.45) is 5.92 Å². The van der Waals surface area contributed by atoms with E-state index in [9.17, 15) is 9.59 Å². The van der Waals surface area contributed by atoms with E-state index in [4.69, 9.17) is 4.74 Å². The predicted octanol–water partition coefficient (Wildman–Crippen LogP) is 2.29. The first-order valence-electron chi connectivity index (χ1n) is 7.33. The molecular weight excluding hydrogens is 278 g/mol. The molecule has 22 heavy (non-hydrogen) atoms. The van der Waals surface area contributed by atoms with Gasteiger partial charge in [0, 0.05) is 5.56 Å². The zero-order valence-electron chi connectivity index (χ0n) is 12.1. The number of carbonyl (C=O) groups excluding carboxylic acids is 2. The molecule has 4 heteroatoms. The third-order valence-corrected chi connectivity index (χ3v) is 3.86. The summed E-state index contributed by atoms with van der Waals surface area (Å²) in [5.41, 5.74) is 2.07. The van der Waals surface area contributed by atoms with E-state index < -0.39 is 11.9 Å². The van der Waals surface area contributed by atoms with Crippen LogP contribution in [0.1, 0.15) is 17.2 Å². The minimum atomic E-state index is -0.800. The van der Waals surface area contributed by atoms with Gasteiger partial charge in [0.15, 0.2) is 0 Å². The monoisotopic (exact) mass is 295 g/mol. The number of fused-ring (bicyclic) bond motifs is 1. The molecule has 2 aromatic carbocycles. The summed E-state index contributed by atoms with van der Waals surface area (Å²) in [4.78, 5) is 23.2. The fraction of sp³-hybridized carbons (Fsp3) is 0.222. The molecule has 0 bridgehead atoms. The summed E-state index contributed by atoms with van der Waals surface area (Å²) in [6.45, 7) is 0.681. The predicted molar refractivity (Wildman–Crippen MR) is 82.5 cm³/mol. The molecule has 1 heterocycles. The normalized spacial score (nSPS) is 20.1. The second kappa shape index (κ2) is 6.54. The lowest BCUT2D eigenvalue weighted by atomic mass is 9.91. The van der Waals surface area contributed by atoms with Crippen LogP contribution in [0.4, 0.5) is 0 Å². The largest absolute Gasteiger partial charge is 0.426 e. The van der Waals surface area contributed by atoms with E-state index >= 15 is 0 Å². The first kappa shape index (κ1) is 14.5. The molecular formula is C18H17NO3. The van der Waals surface area contributed by atoms with Crippen molar-refractivity contribution in [2.45, 2.75) is 12.5 Å². The van der Waals surface area contributed by atoms with Gasteiger partial charge in [-0.15, -0.1) is 0 Å². The molecule has 4 nitrogen and oxygen atoms in total. The maximum Gasteiger partial charge on any atom is 0.323 e. The van der Waals surface area contributed by atoms with Crippen LogP contribution in [0.2, 0.25) is 0 Å². The molecule has 3 rings (SSSR count). The molecule has 112 valence electrons. The molecule has 1 N–H and O–H groups in total. The Balaban J connectivity index is 1.75. The van der Waals surface area contributed by atoms with Gasteiger partial charge in [0.05, 0.1) is 6.04 Å². The van der Waals surface area contributed by atoms with E-state index in [1.54, 1.807) is 6.07 Å². The maximum absolute atomic E-state index is 11.9. The van der Waals surface area contributed by atoms with Gasteiger partial charge < -0.3 is 14.8 Å². The van der Waals surface area contributed by atoms with Crippen LogP contribution in [0.3, 0.4) is 0 Å². The maximum atomic E-state index is 11.9. The number of hydrogen-bond acceptors (Lipinski definition) is 4. The molecule has 0 radical (unpaired) electrons. The van der Waals surface area contributed by atoms with Crippen LogP contribution >= 0.6 is 0 Å². The lowest BCUT2D eigenvalue weighted by Gasteiger charge is -2.29. The molecule has 0 saturated heterocycles. The Labute approximate surface area is 129 Å². The zero-order valence-corrected chi connectivity index (χ0v) is 12.1. The number of aldehydes is 1. The highest BCUT2D eigenvalue weighted by Crippen LogP contribution is 2.35. The van der Waals surface area contributed by atoms with Crippen LogP contribution in [-0.2, 0) is 16.0 Å². The Bertz CT molecular complexity index is 669. The van der Waals surface area contributed by atoms with E-state index in [0.717, 1.165) is 12.0 Å². The van der Waals surface area contributed by atoms with Crippen molar-refractivity contribution in [3.63, 3.8) is 0 Å². The highest BCUT2D eigenvalue weighted by molar-refractivity contribution is 5.92. The van der Waals surface area contributed by atoms with Gasteiger partial charge in [0.1, 0.15) is 18.0 Å². The van der Waals surface area contributed by atoms with Gasteiger partial charge >= 0.3 is 5.97 Å². The molecule has 2 atom stereocenters. The molecule has 0 aromatic heterocycles. The summed E-state index contributed by atoms with van der Waals surface area (Å²) in [5, 5.41) is 3.33. The summed E-state index contributed by atoms with van der Waals surface area (Å²) in [6, 6.07) is 17.1. The summed E-state index contributed by atoms with van der Waals surface area (Å²) < 4.78 is 5.22. The first-order valence-corrected chi connectivity index (χ1v) is 7.33. The molecule has 2 aromatic rings. The average molecular weight is 295 g/mol. The number of para-hydroxylation sites is 1. The summed E-state index contributed by atoms with van der Waals surface area (Å²) in [6.07, 6.45) is 1.50. The summed E-state index contributed by atoms with van der Waals surface area (Å²) >= 11 is 0. The van der Waals surface area contributed by atoms with Crippen molar-refractivity contribution in [3.8, 4) is 5.75 Å². The van der Waals surface area contributed by atoms with Crippen LogP contribution in [0.5, 0.6) is 5.75 Å². The van der Waals surface area contributed by atoms with Gasteiger partial charge in [-0.3, -0.25) is 4.79 Å². The number of benzene rings is 2. The summed E-state index contributed by atoms with van der Waals surface area (Å²) in [7, 11) is 0. The molecule has 1 aliphatic rings. The molecule has 0 spiro atoms. The fourth-order valence-electron chi connectivity index (χ4n) is 2.72. The molecule has 1 aliphatic heterocycles. The Morgan fingerprint density at radius 3 is 2.55 bits per heavy atom. The van der Waals surface area contributed by atoms with E-state index in [1.165, 1.54) is 5.56 Å². The average Bonchev–Trinajstić information content (AvgIpc) is 2.55. The fourth-order valence-corrected chi connectivity index (χ4v) is 2.72. The highest BCUT2D eigenvalue weighted by Gasteiger charge is 2.37. The van der Waals surface area contributed by atoms with Gasteiger partial charge in [0.2, 0.25) is 0 Å². The van der Waals surface area contributed by atoms with Crippen molar-refractivity contribution in [2.75, 3.05) is 6.54 Å². The van der Waals surface area contributed by atoms with Crippen molar-refractivity contribution >= 4 is 12.3 Å². The third kappa shape index (κ3) is 2.92. The SMILES string of the molecule is O=CC1C(=O)Oc2ccccc2C1NCCc1ccccc1. The smallest absolute Gasteiger partial charge is 0.323 e. The second-order valence-electron chi connectivity index (χ2n) is 5.29. The van der Waals surface area contributed by atoms with E-state index in [0.29, 0.717) is 18.6 Å². The topological polar surface area (TPSA) is 55.4 Å². The van der Waals surface area contributed by atoms with Crippen molar-refractivity contribution in [1.29, 1.82) is 0 Å². The van der Waals surface area contributed by atoms with Gasteiger partial charge in [-0.2, -0.15) is 0 Å². The Morgan fingerprint density at radius 1 is 1.05 bits per heavy atom. The lowest BCUT2D eigenvalue weighted by Crippen LogP contribution is -2.40. The minimum Gasteiger partial charge on any atom is -0.426 e. The van der Waals surface area contributed by atoms with Crippen molar-refractivity contribution in [1.82, 2.24) is 5.32 Å². The molecule has 0 amide bonds. The number of nitrogens with one attached hydrogen (secondary N) is 1. The molecule has 2 unspecified atom stereocenters. The van der Waals surface area contributed by atoms with Crippen LogP contribution in [0.15, 0.2) is 54.6 Å². The zero-order chi connectivity index (χ0) is 15.4. The van der Waals surface area contributed by atoms with Gasteiger partial charge in [-0.1, -0.05) is 48.5 Å². The molecule has 0 fully saturated rings. The van der Waals surface area contributed by atoms with Gasteiger partial charge in [-0.25, -0.2) is 0 Å². The Kier molecular flexibility index (Phi) is 4.30. The van der Waals surface area contributed by atoms with Crippen LogP contribution in [0.25, 0.3) is 0 Å². The summed E-state index contributed by atoms with van der Waals surface area (Å²) in [5.74, 6) is -0.764. The van der Waals surface area contributed by atoms with E-state index in [2.05, 4.69) is 17.4 Å². The highest BCUT2D eigenvalue weighted by atomic mass is 16.5.